The summed E-state index contributed by atoms with van der Waals surface area (Å²) in [6.45, 7) is 2.43. The third kappa shape index (κ3) is 7.96. The van der Waals surface area contributed by atoms with Gasteiger partial charge in [0.15, 0.2) is 0 Å². The van der Waals surface area contributed by atoms with Gasteiger partial charge in [-0.05, 0) is 31.6 Å². The standard InChI is InChI=1S/C16H30/c1-16-14-12-10-8-6-4-2-3-5-7-9-11-13-15-16/h6,8,16H,2-5,7,9-15H2,1H3/b8-6+. The molecule has 0 fully saturated rings. The van der Waals surface area contributed by atoms with Gasteiger partial charge in [0.05, 0.1) is 0 Å². The fraction of sp³-hybridized carbons (Fsp3) is 0.875. The van der Waals surface area contributed by atoms with E-state index in [4.69, 9.17) is 0 Å². The van der Waals surface area contributed by atoms with Gasteiger partial charge in [-0.1, -0.05) is 70.4 Å². The van der Waals surface area contributed by atoms with E-state index in [0.717, 1.165) is 5.92 Å². The normalized spacial score (nSPS) is 28.9. The van der Waals surface area contributed by atoms with E-state index in [2.05, 4.69) is 19.1 Å². The molecular formula is C16H30. The maximum atomic E-state index is 2.43. The SMILES string of the molecule is CC1CCC/C=C/CCCCCCCCC1. The van der Waals surface area contributed by atoms with Crippen LogP contribution in [0, 0.1) is 5.92 Å². The second-order valence-electron chi connectivity index (χ2n) is 5.56. The summed E-state index contributed by atoms with van der Waals surface area (Å²) >= 11 is 0. The Labute approximate surface area is 103 Å². The molecule has 0 aromatic carbocycles. The van der Waals surface area contributed by atoms with Crippen LogP contribution in [0.3, 0.4) is 0 Å². The van der Waals surface area contributed by atoms with E-state index in [9.17, 15) is 0 Å². The lowest BCUT2D eigenvalue weighted by atomic mass is 9.97. The summed E-state index contributed by atoms with van der Waals surface area (Å²) in [5.74, 6) is 0.957. The van der Waals surface area contributed by atoms with Crippen molar-refractivity contribution in [3.8, 4) is 0 Å². The second-order valence-corrected chi connectivity index (χ2v) is 5.56. The maximum absolute atomic E-state index is 2.43. The molecule has 0 aliphatic heterocycles. The summed E-state index contributed by atoms with van der Waals surface area (Å²) < 4.78 is 0. The van der Waals surface area contributed by atoms with Crippen LogP contribution in [0.1, 0.15) is 84.0 Å². The largest absolute Gasteiger partial charge is 0.0885 e. The van der Waals surface area contributed by atoms with Gasteiger partial charge in [0.1, 0.15) is 0 Å². The predicted octanol–water partition coefficient (Wildman–Crippen LogP) is 5.87. The zero-order chi connectivity index (χ0) is 11.5. The molecule has 0 saturated heterocycles. The van der Waals surface area contributed by atoms with Crippen LogP contribution in [0.5, 0.6) is 0 Å². The molecule has 1 atom stereocenters. The molecule has 0 nitrogen and oxygen atoms in total. The van der Waals surface area contributed by atoms with E-state index >= 15 is 0 Å². The van der Waals surface area contributed by atoms with Gasteiger partial charge in [-0.25, -0.2) is 0 Å². The maximum Gasteiger partial charge on any atom is -0.0351 e. The molecule has 0 bridgehead atoms. The molecule has 94 valence electrons. The van der Waals surface area contributed by atoms with Gasteiger partial charge in [0.2, 0.25) is 0 Å². The van der Waals surface area contributed by atoms with Gasteiger partial charge in [0, 0.05) is 0 Å². The number of hydrogen-bond donors (Lipinski definition) is 0. The van der Waals surface area contributed by atoms with Gasteiger partial charge in [0.25, 0.3) is 0 Å². The van der Waals surface area contributed by atoms with Crippen molar-refractivity contribution in [1.29, 1.82) is 0 Å². The minimum absolute atomic E-state index is 0.957. The van der Waals surface area contributed by atoms with Crippen LogP contribution in [-0.2, 0) is 0 Å². The number of allylic oxidation sites excluding steroid dienone is 2. The average Bonchev–Trinajstić information content (AvgIpc) is 2.29. The Kier molecular flexibility index (Phi) is 8.57. The lowest BCUT2D eigenvalue weighted by molar-refractivity contribution is 0.445. The van der Waals surface area contributed by atoms with Crippen molar-refractivity contribution in [3.63, 3.8) is 0 Å². The zero-order valence-electron chi connectivity index (χ0n) is 11.2. The fourth-order valence-electron chi connectivity index (χ4n) is 2.60. The minimum atomic E-state index is 0.957. The highest BCUT2D eigenvalue weighted by Crippen LogP contribution is 2.18. The zero-order valence-corrected chi connectivity index (χ0v) is 11.2. The van der Waals surface area contributed by atoms with Gasteiger partial charge >= 0.3 is 0 Å². The van der Waals surface area contributed by atoms with Crippen molar-refractivity contribution in [2.45, 2.75) is 84.0 Å². The molecule has 0 heterocycles. The van der Waals surface area contributed by atoms with Crippen LogP contribution in [0.4, 0.5) is 0 Å². The van der Waals surface area contributed by atoms with Gasteiger partial charge in [-0.2, -0.15) is 0 Å². The van der Waals surface area contributed by atoms with Crippen molar-refractivity contribution in [1.82, 2.24) is 0 Å². The minimum Gasteiger partial charge on any atom is -0.0885 e. The first-order valence-electron chi connectivity index (χ1n) is 7.54. The Bertz CT molecular complexity index is 169. The van der Waals surface area contributed by atoms with E-state index < -0.39 is 0 Å². The smallest absolute Gasteiger partial charge is 0.0351 e. The van der Waals surface area contributed by atoms with Crippen molar-refractivity contribution in [2.24, 2.45) is 5.92 Å². The predicted molar refractivity (Wildman–Crippen MR) is 73.7 cm³/mol. The topological polar surface area (TPSA) is 0 Å². The Hall–Kier alpha value is -0.260. The number of rotatable bonds is 0. The first kappa shape index (κ1) is 13.8. The molecule has 1 rings (SSSR count). The van der Waals surface area contributed by atoms with Crippen molar-refractivity contribution in [3.05, 3.63) is 12.2 Å². The second kappa shape index (κ2) is 9.93. The van der Waals surface area contributed by atoms with Crippen molar-refractivity contribution >= 4 is 0 Å². The Morgan fingerprint density at radius 2 is 1.12 bits per heavy atom. The van der Waals surface area contributed by atoms with E-state index in [0.29, 0.717) is 0 Å². The van der Waals surface area contributed by atoms with E-state index in [1.807, 2.05) is 0 Å². The van der Waals surface area contributed by atoms with Crippen LogP contribution < -0.4 is 0 Å². The molecule has 0 radical (unpaired) electrons. The molecule has 0 amide bonds. The van der Waals surface area contributed by atoms with Gasteiger partial charge in [-0.15, -0.1) is 0 Å². The molecule has 0 aromatic heterocycles. The van der Waals surface area contributed by atoms with E-state index in [1.54, 1.807) is 0 Å². The summed E-state index contributed by atoms with van der Waals surface area (Å²) in [6, 6.07) is 0. The lowest BCUT2D eigenvalue weighted by Gasteiger charge is -2.09. The van der Waals surface area contributed by atoms with Crippen molar-refractivity contribution in [2.75, 3.05) is 0 Å². The first-order valence-corrected chi connectivity index (χ1v) is 7.54. The quantitative estimate of drug-likeness (QED) is 0.449. The molecule has 0 N–H and O–H groups in total. The Morgan fingerprint density at radius 1 is 0.625 bits per heavy atom. The fourth-order valence-corrected chi connectivity index (χ4v) is 2.60. The first-order chi connectivity index (χ1) is 7.89. The summed E-state index contributed by atoms with van der Waals surface area (Å²) in [5, 5.41) is 0. The molecule has 0 spiro atoms. The molecule has 16 heavy (non-hydrogen) atoms. The highest BCUT2D eigenvalue weighted by atomic mass is 14.1. The van der Waals surface area contributed by atoms with Crippen LogP contribution in [0.2, 0.25) is 0 Å². The molecular weight excluding hydrogens is 192 g/mol. The Morgan fingerprint density at radius 3 is 1.88 bits per heavy atom. The van der Waals surface area contributed by atoms with Gasteiger partial charge < -0.3 is 0 Å². The molecule has 0 heteroatoms. The van der Waals surface area contributed by atoms with Crippen LogP contribution in [0.15, 0.2) is 12.2 Å². The Balaban J connectivity index is 2.17. The molecule has 1 aliphatic carbocycles. The summed E-state index contributed by atoms with van der Waals surface area (Å²) in [6.07, 6.45) is 21.9. The van der Waals surface area contributed by atoms with Crippen LogP contribution in [0.25, 0.3) is 0 Å². The third-order valence-corrected chi connectivity index (χ3v) is 3.80. The highest BCUT2D eigenvalue weighted by molar-refractivity contribution is 4.81. The molecule has 0 saturated carbocycles. The number of hydrogen-bond acceptors (Lipinski definition) is 0. The van der Waals surface area contributed by atoms with Crippen LogP contribution in [-0.4, -0.2) is 0 Å². The average molecular weight is 222 g/mol. The monoisotopic (exact) mass is 222 g/mol. The lowest BCUT2D eigenvalue weighted by Crippen LogP contribution is -1.94. The van der Waals surface area contributed by atoms with Gasteiger partial charge in [-0.3, -0.25) is 0 Å². The summed E-state index contributed by atoms with van der Waals surface area (Å²) in [5.41, 5.74) is 0. The van der Waals surface area contributed by atoms with Crippen molar-refractivity contribution < 1.29 is 0 Å². The molecule has 1 aliphatic rings. The van der Waals surface area contributed by atoms with E-state index in [1.165, 1.54) is 77.0 Å². The highest BCUT2D eigenvalue weighted by Gasteiger charge is 2.01. The van der Waals surface area contributed by atoms with E-state index in [-0.39, 0.29) is 0 Å². The third-order valence-electron chi connectivity index (χ3n) is 3.80. The summed E-state index contributed by atoms with van der Waals surface area (Å²) in [4.78, 5) is 0. The van der Waals surface area contributed by atoms with Crippen LogP contribution >= 0.6 is 0 Å². The summed E-state index contributed by atoms with van der Waals surface area (Å²) in [7, 11) is 0. The molecule has 1 unspecified atom stereocenters. The molecule has 0 aromatic rings.